The zero-order chi connectivity index (χ0) is 10.6. The molecule has 0 amide bonds. The van der Waals surface area contributed by atoms with Crippen LogP contribution in [0.25, 0.3) is 0 Å². The van der Waals surface area contributed by atoms with Crippen molar-refractivity contribution in [2.24, 2.45) is 5.73 Å². The van der Waals surface area contributed by atoms with Crippen molar-refractivity contribution in [2.45, 2.75) is 19.4 Å². The van der Waals surface area contributed by atoms with Gasteiger partial charge in [-0.05, 0) is 19.9 Å². The normalized spacial score (nSPS) is 12.6. The van der Waals surface area contributed by atoms with Crippen LogP contribution in [-0.4, -0.2) is 29.6 Å². The summed E-state index contributed by atoms with van der Waals surface area (Å²) >= 11 is 0. The fourth-order valence-electron chi connectivity index (χ4n) is 1.12. The number of hydrogen-bond acceptors (Lipinski definition) is 4. The largest absolute Gasteiger partial charge is 0.341 e. The molecule has 0 saturated heterocycles. The van der Waals surface area contributed by atoms with Gasteiger partial charge < -0.3 is 10.6 Å². The van der Waals surface area contributed by atoms with Crippen LogP contribution in [0.1, 0.15) is 13.3 Å². The van der Waals surface area contributed by atoms with Crippen LogP contribution in [0, 0.1) is 5.82 Å². The molecular formula is C9H15FN4. The fourth-order valence-corrected chi connectivity index (χ4v) is 1.12. The van der Waals surface area contributed by atoms with Crippen molar-refractivity contribution >= 4 is 5.95 Å². The number of halogens is 1. The number of nitrogens with two attached hydrogens (primary N) is 1. The summed E-state index contributed by atoms with van der Waals surface area (Å²) in [6.07, 6.45) is 3.18. The van der Waals surface area contributed by atoms with Gasteiger partial charge in [0.2, 0.25) is 5.95 Å². The lowest BCUT2D eigenvalue weighted by atomic mass is 10.2. The second-order valence-electron chi connectivity index (χ2n) is 3.24. The van der Waals surface area contributed by atoms with E-state index in [1.165, 1.54) is 0 Å². The van der Waals surface area contributed by atoms with E-state index in [1.54, 1.807) is 0 Å². The van der Waals surface area contributed by atoms with E-state index in [9.17, 15) is 4.39 Å². The second-order valence-corrected chi connectivity index (χ2v) is 3.24. The molecule has 2 N–H and O–H groups in total. The third-order valence-corrected chi connectivity index (χ3v) is 2.17. The first-order chi connectivity index (χ1) is 6.65. The first-order valence-corrected chi connectivity index (χ1v) is 4.55. The van der Waals surface area contributed by atoms with Crippen LogP contribution in [0.15, 0.2) is 12.4 Å². The van der Waals surface area contributed by atoms with Gasteiger partial charge in [0.15, 0.2) is 5.82 Å². The molecule has 0 spiro atoms. The molecule has 78 valence electrons. The zero-order valence-electron chi connectivity index (χ0n) is 8.44. The molecule has 0 aliphatic carbocycles. The topological polar surface area (TPSA) is 55.0 Å². The summed E-state index contributed by atoms with van der Waals surface area (Å²) in [6, 6.07) is 0.255. The highest BCUT2D eigenvalue weighted by atomic mass is 19.1. The molecule has 0 aliphatic rings. The minimum absolute atomic E-state index is 0.255. The first-order valence-electron chi connectivity index (χ1n) is 4.55. The molecule has 0 bridgehead atoms. The Labute approximate surface area is 83.0 Å². The van der Waals surface area contributed by atoms with Crippen LogP contribution in [0.5, 0.6) is 0 Å². The lowest BCUT2D eigenvalue weighted by Gasteiger charge is -2.24. The van der Waals surface area contributed by atoms with Gasteiger partial charge in [-0.15, -0.1) is 0 Å². The molecule has 1 aromatic rings. The molecule has 4 nitrogen and oxygen atoms in total. The van der Waals surface area contributed by atoms with Crippen molar-refractivity contribution in [1.82, 2.24) is 9.97 Å². The van der Waals surface area contributed by atoms with E-state index in [4.69, 9.17) is 5.73 Å². The van der Waals surface area contributed by atoms with Gasteiger partial charge in [0.05, 0.1) is 12.4 Å². The highest BCUT2D eigenvalue weighted by Gasteiger charge is 2.11. The number of rotatable bonds is 4. The van der Waals surface area contributed by atoms with Gasteiger partial charge in [-0.3, -0.25) is 0 Å². The number of anilines is 1. The van der Waals surface area contributed by atoms with E-state index in [0.717, 1.165) is 18.8 Å². The maximum absolute atomic E-state index is 12.5. The Morgan fingerprint density at radius 1 is 1.50 bits per heavy atom. The predicted octanol–water partition coefficient (Wildman–Crippen LogP) is 0.789. The Morgan fingerprint density at radius 2 is 2.07 bits per heavy atom. The van der Waals surface area contributed by atoms with E-state index in [0.29, 0.717) is 12.5 Å². The summed E-state index contributed by atoms with van der Waals surface area (Å²) in [6.45, 7) is 2.65. The third kappa shape index (κ3) is 2.63. The van der Waals surface area contributed by atoms with Gasteiger partial charge in [0.1, 0.15) is 0 Å². The lowest BCUT2D eigenvalue weighted by Crippen LogP contribution is -2.32. The average molecular weight is 198 g/mol. The molecule has 1 rings (SSSR count). The van der Waals surface area contributed by atoms with Crippen molar-refractivity contribution < 1.29 is 4.39 Å². The molecular weight excluding hydrogens is 183 g/mol. The van der Waals surface area contributed by atoms with Crippen molar-refractivity contribution in [2.75, 3.05) is 18.5 Å². The van der Waals surface area contributed by atoms with E-state index >= 15 is 0 Å². The molecule has 1 unspecified atom stereocenters. The van der Waals surface area contributed by atoms with Gasteiger partial charge in [0, 0.05) is 13.1 Å². The smallest absolute Gasteiger partial charge is 0.225 e. The standard InChI is InChI=1S/C9H15FN4/c1-7(3-4-11)14(2)9-12-5-8(10)6-13-9/h5-7H,3-4,11H2,1-2H3. The first kappa shape index (κ1) is 10.8. The maximum atomic E-state index is 12.5. The molecule has 0 aromatic carbocycles. The van der Waals surface area contributed by atoms with Gasteiger partial charge >= 0.3 is 0 Å². The zero-order valence-corrected chi connectivity index (χ0v) is 8.44. The Kier molecular flexibility index (Phi) is 3.76. The van der Waals surface area contributed by atoms with Crippen molar-refractivity contribution in [3.05, 3.63) is 18.2 Å². The molecule has 0 aliphatic heterocycles. The second kappa shape index (κ2) is 4.85. The fraction of sp³-hybridized carbons (Fsp3) is 0.556. The minimum Gasteiger partial charge on any atom is -0.341 e. The Balaban J connectivity index is 2.68. The molecule has 0 fully saturated rings. The number of hydrogen-bond donors (Lipinski definition) is 1. The van der Waals surface area contributed by atoms with Gasteiger partial charge in [0.25, 0.3) is 0 Å². The lowest BCUT2D eigenvalue weighted by molar-refractivity contribution is 0.597. The van der Waals surface area contributed by atoms with Crippen LogP contribution >= 0.6 is 0 Å². The van der Waals surface area contributed by atoms with Crippen LogP contribution in [0.2, 0.25) is 0 Å². The molecule has 0 saturated carbocycles. The summed E-state index contributed by atoms with van der Waals surface area (Å²) < 4.78 is 12.5. The van der Waals surface area contributed by atoms with Crippen molar-refractivity contribution in [3.8, 4) is 0 Å². The van der Waals surface area contributed by atoms with Crippen LogP contribution in [0.3, 0.4) is 0 Å². The highest BCUT2D eigenvalue weighted by Crippen LogP contribution is 2.09. The average Bonchev–Trinajstić information content (AvgIpc) is 2.18. The van der Waals surface area contributed by atoms with E-state index in [2.05, 4.69) is 9.97 Å². The Hall–Kier alpha value is -1.23. The SMILES string of the molecule is CC(CCN)N(C)c1ncc(F)cn1. The molecule has 0 radical (unpaired) electrons. The molecule has 14 heavy (non-hydrogen) atoms. The summed E-state index contributed by atoms with van der Waals surface area (Å²) in [5.74, 6) is 0.0981. The maximum Gasteiger partial charge on any atom is 0.225 e. The summed E-state index contributed by atoms with van der Waals surface area (Å²) in [4.78, 5) is 9.64. The number of aromatic nitrogens is 2. The van der Waals surface area contributed by atoms with Gasteiger partial charge in [-0.2, -0.15) is 0 Å². The Bertz CT molecular complexity index is 275. The van der Waals surface area contributed by atoms with Gasteiger partial charge in [-0.1, -0.05) is 0 Å². The van der Waals surface area contributed by atoms with Crippen molar-refractivity contribution in [3.63, 3.8) is 0 Å². The minimum atomic E-state index is -0.423. The van der Waals surface area contributed by atoms with E-state index < -0.39 is 5.82 Å². The molecule has 1 aromatic heterocycles. The predicted molar refractivity (Wildman–Crippen MR) is 53.5 cm³/mol. The van der Waals surface area contributed by atoms with E-state index in [-0.39, 0.29) is 6.04 Å². The van der Waals surface area contributed by atoms with Crippen LogP contribution in [-0.2, 0) is 0 Å². The van der Waals surface area contributed by atoms with Crippen molar-refractivity contribution in [1.29, 1.82) is 0 Å². The van der Waals surface area contributed by atoms with Crippen LogP contribution in [0.4, 0.5) is 10.3 Å². The quantitative estimate of drug-likeness (QED) is 0.777. The molecule has 5 heteroatoms. The third-order valence-electron chi connectivity index (χ3n) is 2.17. The molecule has 1 heterocycles. The summed E-state index contributed by atoms with van der Waals surface area (Å²) in [7, 11) is 1.87. The highest BCUT2D eigenvalue weighted by molar-refractivity contribution is 5.28. The van der Waals surface area contributed by atoms with Gasteiger partial charge in [-0.25, -0.2) is 14.4 Å². The Morgan fingerprint density at radius 3 is 2.57 bits per heavy atom. The van der Waals surface area contributed by atoms with E-state index in [1.807, 2.05) is 18.9 Å². The molecule has 1 atom stereocenters. The summed E-state index contributed by atoms with van der Waals surface area (Å²) in [5.41, 5.74) is 5.44. The monoisotopic (exact) mass is 198 g/mol. The number of nitrogens with zero attached hydrogens (tertiary/aromatic N) is 3. The van der Waals surface area contributed by atoms with Crippen LogP contribution < -0.4 is 10.6 Å². The summed E-state index contributed by atoms with van der Waals surface area (Å²) in [5, 5.41) is 0.